The molecule has 1 aromatic carbocycles. The van der Waals surface area contributed by atoms with Crippen LogP contribution in [0.1, 0.15) is 16.8 Å². The van der Waals surface area contributed by atoms with Gasteiger partial charge in [-0.25, -0.2) is 0 Å². The van der Waals surface area contributed by atoms with Gasteiger partial charge in [-0.3, -0.25) is 4.68 Å². The van der Waals surface area contributed by atoms with Crippen LogP contribution in [-0.2, 0) is 18.7 Å². The van der Waals surface area contributed by atoms with E-state index in [2.05, 4.69) is 40.1 Å². The number of hydrogen-bond donors (Lipinski definition) is 0. The van der Waals surface area contributed by atoms with Crippen LogP contribution >= 0.6 is 11.8 Å². The molecule has 2 nitrogen and oxygen atoms in total. The van der Waals surface area contributed by atoms with Crippen molar-refractivity contribution in [2.75, 3.05) is 5.75 Å². The Labute approximate surface area is 99.7 Å². The normalized spacial score (nSPS) is 14.8. The predicted octanol–water partition coefficient (Wildman–Crippen LogP) is 2.72. The number of aromatic nitrogens is 2. The molecule has 1 aliphatic rings. The third-order valence-electron chi connectivity index (χ3n) is 2.95. The Balaban J connectivity index is 1.88. The van der Waals surface area contributed by atoms with E-state index in [1.54, 1.807) is 0 Å². The molecule has 0 radical (unpaired) electrons. The zero-order chi connectivity index (χ0) is 10.8. The molecule has 0 aliphatic carbocycles. The maximum atomic E-state index is 4.50. The van der Waals surface area contributed by atoms with E-state index >= 15 is 0 Å². The van der Waals surface area contributed by atoms with E-state index < -0.39 is 0 Å². The number of rotatable bonds is 2. The summed E-state index contributed by atoms with van der Waals surface area (Å²) in [6.07, 6.45) is 3.19. The minimum Gasteiger partial charge on any atom is -0.265 e. The van der Waals surface area contributed by atoms with Crippen molar-refractivity contribution < 1.29 is 0 Å². The lowest BCUT2D eigenvalue weighted by molar-refractivity contribution is 0.648. The van der Waals surface area contributed by atoms with Gasteiger partial charge in [-0.1, -0.05) is 30.3 Å². The first kappa shape index (κ1) is 9.97. The van der Waals surface area contributed by atoms with Crippen molar-refractivity contribution in [3.63, 3.8) is 0 Å². The lowest BCUT2D eigenvalue weighted by Crippen LogP contribution is -2.10. The zero-order valence-electron chi connectivity index (χ0n) is 9.10. The minimum atomic E-state index is 0.904. The fourth-order valence-electron chi connectivity index (χ4n) is 2.10. The van der Waals surface area contributed by atoms with E-state index in [1.165, 1.54) is 22.6 Å². The quantitative estimate of drug-likeness (QED) is 0.789. The van der Waals surface area contributed by atoms with Crippen molar-refractivity contribution >= 4 is 11.8 Å². The summed E-state index contributed by atoms with van der Waals surface area (Å²) in [5, 5.41) is 4.50. The van der Waals surface area contributed by atoms with Gasteiger partial charge >= 0.3 is 0 Å². The highest BCUT2D eigenvalue weighted by molar-refractivity contribution is 7.98. The van der Waals surface area contributed by atoms with Gasteiger partial charge < -0.3 is 0 Å². The molecule has 0 spiro atoms. The number of thioether (sulfide) groups is 1. The lowest BCUT2D eigenvalue weighted by atomic mass is 10.2. The molecule has 3 rings (SSSR count). The smallest absolute Gasteiger partial charge is 0.0662 e. The molecule has 1 aromatic heterocycles. The van der Waals surface area contributed by atoms with Crippen LogP contribution in [0.25, 0.3) is 0 Å². The molecule has 0 unspecified atom stereocenters. The molecule has 1 aliphatic heterocycles. The number of benzene rings is 1. The van der Waals surface area contributed by atoms with Gasteiger partial charge in [-0.05, 0) is 17.7 Å². The van der Waals surface area contributed by atoms with Crippen LogP contribution in [0, 0.1) is 0 Å². The van der Waals surface area contributed by atoms with Crippen LogP contribution in [0.2, 0.25) is 0 Å². The molecular formula is C13H14N2S. The Morgan fingerprint density at radius 3 is 3.00 bits per heavy atom. The van der Waals surface area contributed by atoms with Crippen LogP contribution in [0.5, 0.6) is 0 Å². The molecule has 0 amide bonds. The highest BCUT2D eigenvalue weighted by Gasteiger charge is 2.14. The second-order valence-corrected chi connectivity index (χ2v) is 5.17. The number of nitrogens with zero attached hydrogens (tertiary/aromatic N) is 2. The van der Waals surface area contributed by atoms with E-state index in [9.17, 15) is 0 Å². The van der Waals surface area contributed by atoms with Gasteiger partial charge in [0.2, 0.25) is 0 Å². The standard InChI is InChI=1S/C13H14N2S/c1-2-4-11(5-3-1)9-15-13-6-7-16-10-12(13)8-14-15/h1-5,8H,6-7,9-10H2. The molecule has 0 bridgehead atoms. The van der Waals surface area contributed by atoms with Crippen LogP contribution < -0.4 is 0 Å². The first-order valence-corrected chi connectivity index (χ1v) is 6.74. The first-order valence-electron chi connectivity index (χ1n) is 5.59. The minimum absolute atomic E-state index is 0.904. The molecule has 82 valence electrons. The Bertz CT molecular complexity index is 476. The summed E-state index contributed by atoms with van der Waals surface area (Å²) < 4.78 is 2.16. The molecule has 0 saturated carbocycles. The van der Waals surface area contributed by atoms with Crippen molar-refractivity contribution in [3.05, 3.63) is 53.3 Å². The van der Waals surface area contributed by atoms with Crippen molar-refractivity contribution in [1.82, 2.24) is 9.78 Å². The van der Waals surface area contributed by atoms with Crippen LogP contribution in [0.15, 0.2) is 36.5 Å². The average molecular weight is 230 g/mol. The van der Waals surface area contributed by atoms with Gasteiger partial charge in [0, 0.05) is 17.0 Å². The lowest BCUT2D eigenvalue weighted by Gasteiger charge is -2.13. The van der Waals surface area contributed by atoms with E-state index in [4.69, 9.17) is 0 Å². The second-order valence-electron chi connectivity index (χ2n) is 4.06. The summed E-state index contributed by atoms with van der Waals surface area (Å²) in [6.45, 7) is 0.904. The Hall–Kier alpha value is -1.22. The summed E-state index contributed by atoms with van der Waals surface area (Å²) >= 11 is 2.00. The largest absolute Gasteiger partial charge is 0.265 e. The third-order valence-corrected chi connectivity index (χ3v) is 3.96. The molecule has 2 aromatic rings. The summed E-state index contributed by atoms with van der Waals surface area (Å²) in [4.78, 5) is 0. The fraction of sp³-hybridized carbons (Fsp3) is 0.308. The molecule has 3 heteroatoms. The van der Waals surface area contributed by atoms with E-state index in [1.807, 2.05) is 18.0 Å². The van der Waals surface area contributed by atoms with Crippen molar-refractivity contribution in [1.29, 1.82) is 0 Å². The molecule has 16 heavy (non-hydrogen) atoms. The monoisotopic (exact) mass is 230 g/mol. The average Bonchev–Trinajstić information content (AvgIpc) is 2.74. The van der Waals surface area contributed by atoms with Crippen molar-refractivity contribution in [3.8, 4) is 0 Å². The van der Waals surface area contributed by atoms with Crippen LogP contribution in [-0.4, -0.2) is 15.5 Å². The summed E-state index contributed by atoms with van der Waals surface area (Å²) in [6, 6.07) is 10.5. The van der Waals surface area contributed by atoms with E-state index in [0.717, 1.165) is 18.7 Å². The molecule has 2 heterocycles. The van der Waals surface area contributed by atoms with E-state index in [0.29, 0.717) is 0 Å². The first-order chi connectivity index (χ1) is 7.93. The number of hydrogen-bond acceptors (Lipinski definition) is 2. The van der Waals surface area contributed by atoms with Gasteiger partial charge in [0.1, 0.15) is 0 Å². The maximum Gasteiger partial charge on any atom is 0.0662 e. The highest BCUT2D eigenvalue weighted by Crippen LogP contribution is 2.24. The molecule has 0 fully saturated rings. The van der Waals surface area contributed by atoms with Crippen LogP contribution in [0.3, 0.4) is 0 Å². The van der Waals surface area contributed by atoms with Crippen molar-refractivity contribution in [2.45, 2.75) is 18.7 Å². The zero-order valence-corrected chi connectivity index (χ0v) is 9.91. The summed E-state index contributed by atoms with van der Waals surface area (Å²) in [5.74, 6) is 2.36. The van der Waals surface area contributed by atoms with Gasteiger partial charge in [-0.15, -0.1) is 0 Å². The number of fused-ring (bicyclic) bond motifs is 1. The predicted molar refractivity (Wildman–Crippen MR) is 67.6 cm³/mol. The Kier molecular flexibility index (Phi) is 2.70. The van der Waals surface area contributed by atoms with E-state index in [-0.39, 0.29) is 0 Å². The fourth-order valence-corrected chi connectivity index (χ4v) is 3.05. The van der Waals surface area contributed by atoms with Gasteiger partial charge in [-0.2, -0.15) is 16.9 Å². The maximum absolute atomic E-state index is 4.50. The third kappa shape index (κ3) is 1.87. The molecule has 0 atom stereocenters. The topological polar surface area (TPSA) is 17.8 Å². The van der Waals surface area contributed by atoms with Gasteiger partial charge in [0.05, 0.1) is 12.7 Å². The molecule has 0 saturated heterocycles. The molecule has 0 N–H and O–H groups in total. The summed E-state index contributed by atoms with van der Waals surface area (Å²) in [5.41, 5.74) is 4.18. The Morgan fingerprint density at radius 1 is 1.25 bits per heavy atom. The summed E-state index contributed by atoms with van der Waals surface area (Å²) in [7, 11) is 0. The second kappa shape index (κ2) is 4.34. The SMILES string of the molecule is c1ccc(Cn2ncc3c2CCSC3)cc1. The van der Waals surface area contributed by atoms with Crippen LogP contribution in [0.4, 0.5) is 0 Å². The van der Waals surface area contributed by atoms with Crippen molar-refractivity contribution in [2.24, 2.45) is 0 Å². The molecular weight excluding hydrogens is 216 g/mol. The highest BCUT2D eigenvalue weighted by atomic mass is 32.2. The van der Waals surface area contributed by atoms with Gasteiger partial charge in [0.25, 0.3) is 0 Å². The van der Waals surface area contributed by atoms with Gasteiger partial charge in [0.15, 0.2) is 0 Å². The Morgan fingerprint density at radius 2 is 2.12 bits per heavy atom.